The van der Waals surface area contributed by atoms with Crippen LogP contribution in [0.2, 0.25) is 0 Å². The number of hydrogen-bond acceptors (Lipinski definition) is 3. The molecule has 88 valence electrons. The van der Waals surface area contributed by atoms with Crippen LogP contribution in [0.15, 0.2) is 23.0 Å². The zero-order valence-corrected chi connectivity index (χ0v) is 10.4. The molecule has 1 aromatic heterocycles. The highest BCUT2D eigenvalue weighted by atomic mass is 32.1. The van der Waals surface area contributed by atoms with E-state index >= 15 is 0 Å². The van der Waals surface area contributed by atoms with Gasteiger partial charge in [-0.25, -0.2) is 0 Å². The van der Waals surface area contributed by atoms with E-state index in [0.717, 1.165) is 19.5 Å². The van der Waals surface area contributed by atoms with Gasteiger partial charge in [-0.3, -0.25) is 0 Å². The lowest BCUT2D eigenvalue weighted by Gasteiger charge is -2.22. The van der Waals surface area contributed by atoms with Crippen LogP contribution < -0.4 is 5.73 Å². The summed E-state index contributed by atoms with van der Waals surface area (Å²) in [7, 11) is 2.13. The van der Waals surface area contributed by atoms with E-state index < -0.39 is 0 Å². The molecule has 2 rings (SSSR count). The highest BCUT2D eigenvalue weighted by Crippen LogP contribution is 2.49. The molecule has 3 nitrogen and oxygen atoms in total. The average Bonchev–Trinajstić information content (AvgIpc) is 2.74. The van der Waals surface area contributed by atoms with Gasteiger partial charge < -0.3 is 15.1 Å². The number of hydrogen-bond donors (Lipinski definition) is 1. The smallest absolute Gasteiger partial charge is 0.0947 e. The van der Waals surface area contributed by atoms with Crippen molar-refractivity contribution < 1.29 is 4.42 Å². The van der Waals surface area contributed by atoms with Crippen molar-refractivity contribution in [3.8, 4) is 0 Å². The number of rotatable bonds is 6. The third-order valence-electron chi connectivity index (χ3n) is 3.14. The Labute approximate surface area is 102 Å². The van der Waals surface area contributed by atoms with Crippen LogP contribution in [-0.2, 0) is 6.54 Å². The summed E-state index contributed by atoms with van der Waals surface area (Å²) in [6.07, 6.45) is 6.90. The molecule has 1 heterocycles. The molecule has 1 saturated carbocycles. The van der Waals surface area contributed by atoms with E-state index in [0.29, 0.717) is 10.4 Å². The Kier molecular flexibility index (Phi) is 3.30. The van der Waals surface area contributed by atoms with Gasteiger partial charge in [0.2, 0.25) is 0 Å². The van der Waals surface area contributed by atoms with Gasteiger partial charge in [0.15, 0.2) is 0 Å². The second-order valence-electron chi connectivity index (χ2n) is 4.95. The van der Waals surface area contributed by atoms with Crippen molar-refractivity contribution in [3.05, 3.63) is 24.2 Å². The van der Waals surface area contributed by atoms with Crippen LogP contribution >= 0.6 is 12.2 Å². The highest BCUT2D eigenvalue weighted by molar-refractivity contribution is 7.80. The van der Waals surface area contributed by atoms with Crippen LogP contribution in [0.3, 0.4) is 0 Å². The molecule has 0 saturated heterocycles. The van der Waals surface area contributed by atoms with Gasteiger partial charge in [-0.2, -0.15) is 0 Å². The maximum Gasteiger partial charge on any atom is 0.0947 e. The lowest BCUT2D eigenvalue weighted by Crippen LogP contribution is -2.29. The summed E-state index contributed by atoms with van der Waals surface area (Å²) >= 11 is 5.00. The van der Waals surface area contributed by atoms with E-state index in [1.54, 1.807) is 12.5 Å². The fourth-order valence-corrected chi connectivity index (χ4v) is 2.57. The number of furan rings is 1. The van der Waals surface area contributed by atoms with Gasteiger partial charge in [0, 0.05) is 25.1 Å². The van der Waals surface area contributed by atoms with Gasteiger partial charge >= 0.3 is 0 Å². The van der Waals surface area contributed by atoms with E-state index in [1.165, 1.54) is 18.4 Å². The maximum absolute atomic E-state index is 5.63. The molecule has 0 amide bonds. The molecule has 0 atom stereocenters. The SMILES string of the molecule is CN(Cc1ccoc1)CC1(CC(N)=S)CC1. The maximum atomic E-state index is 5.63. The summed E-state index contributed by atoms with van der Waals surface area (Å²) in [6, 6.07) is 2.00. The minimum atomic E-state index is 0.365. The Bertz CT molecular complexity index is 357. The third kappa shape index (κ3) is 3.06. The molecule has 2 N–H and O–H groups in total. The quantitative estimate of drug-likeness (QED) is 0.771. The molecule has 0 aliphatic heterocycles. The van der Waals surface area contributed by atoms with Crippen LogP contribution in [0.4, 0.5) is 0 Å². The molecule has 1 aliphatic carbocycles. The van der Waals surface area contributed by atoms with Crippen molar-refractivity contribution in [2.24, 2.45) is 11.1 Å². The molecule has 1 fully saturated rings. The van der Waals surface area contributed by atoms with Crippen molar-refractivity contribution >= 4 is 17.2 Å². The molecule has 1 aliphatic rings. The molecular formula is C12H18N2OS. The molecule has 0 aromatic carbocycles. The minimum absolute atomic E-state index is 0.365. The zero-order chi connectivity index (χ0) is 11.6. The predicted molar refractivity (Wildman–Crippen MR) is 68.1 cm³/mol. The molecule has 16 heavy (non-hydrogen) atoms. The Morgan fingerprint density at radius 1 is 1.62 bits per heavy atom. The topological polar surface area (TPSA) is 42.4 Å². The van der Waals surface area contributed by atoms with Gasteiger partial charge in [-0.1, -0.05) is 12.2 Å². The first-order chi connectivity index (χ1) is 7.60. The van der Waals surface area contributed by atoms with Crippen LogP contribution in [0.25, 0.3) is 0 Å². The number of thiocarbonyl (C=S) groups is 1. The van der Waals surface area contributed by atoms with Gasteiger partial charge in [0.1, 0.15) is 0 Å². The lowest BCUT2D eigenvalue weighted by atomic mass is 10.0. The van der Waals surface area contributed by atoms with Crippen molar-refractivity contribution in [2.75, 3.05) is 13.6 Å². The molecule has 1 aromatic rings. The molecule has 0 unspecified atom stereocenters. The third-order valence-corrected chi connectivity index (χ3v) is 3.29. The fourth-order valence-electron chi connectivity index (χ4n) is 2.26. The first-order valence-corrected chi connectivity index (χ1v) is 5.98. The Hall–Kier alpha value is -0.870. The minimum Gasteiger partial charge on any atom is -0.472 e. The van der Waals surface area contributed by atoms with Crippen LogP contribution in [0.1, 0.15) is 24.8 Å². The van der Waals surface area contributed by atoms with Crippen molar-refractivity contribution in [1.29, 1.82) is 0 Å². The molecular weight excluding hydrogens is 220 g/mol. The Balaban J connectivity index is 1.83. The van der Waals surface area contributed by atoms with E-state index in [4.69, 9.17) is 22.4 Å². The predicted octanol–water partition coefficient (Wildman–Crippen LogP) is 2.17. The Morgan fingerprint density at radius 3 is 2.88 bits per heavy atom. The normalized spacial score (nSPS) is 17.6. The van der Waals surface area contributed by atoms with Gasteiger partial charge in [-0.15, -0.1) is 0 Å². The highest BCUT2D eigenvalue weighted by Gasteiger charge is 2.43. The van der Waals surface area contributed by atoms with Gasteiger partial charge in [0.05, 0.1) is 17.5 Å². The second-order valence-corrected chi connectivity index (χ2v) is 5.47. The fraction of sp³-hybridized carbons (Fsp3) is 0.583. The summed E-state index contributed by atoms with van der Waals surface area (Å²) in [5.74, 6) is 0. The standard InChI is InChI=1S/C12H18N2OS/c1-14(7-10-2-5-15-8-10)9-12(3-4-12)6-11(13)16/h2,5,8H,3-4,6-7,9H2,1H3,(H2,13,16). The van der Waals surface area contributed by atoms with Crippen molar-refractivity contribution in [1.82, 2.24) is 4.90 Å². The summed E-state index contributed by atoms with van der Waals surface area (Å²) in [5, 5.41) is 0. The molecule has 4 heteroatoms. The van der Waals surface area contributed by atoms with Crippen molar-refractivity contribution in [2.45, 2.75) is 25.8 Å². The second kappa shape index (κ2) is 4.55. The zero-order valence-electron chi connectivity index (χ0n) is 9.61. The van der Waals surface area contributed by atoms with E-state index in [1.807, 2.05) is 6.07 Å². The van der Waals surface area contributed by atoms with Gasteiger partial charge in [0.25, 0.3) is 0 Å². The monoisotopic (exact) mass is 238 g/mol. The number of nitrogens with two attached hydrogens (primary N) is 1. The largest absolute Gasteiger partial charge is 0.472 e. The number of nitrogens with zero attached hydrogens (tertiary/aromatic N) is 1. The lowest BCUT2D eigenvalue weighted by molar-refractivity contribution is 0.259. The van der Waals surface area contributed by atoms with E-state index in [-0.39, 0.29) is 0 Å². The van der Waals surface area contributed by atoms with E-state index in [9.17, 15) is 0 Å². The summed E-state index contributed by atoms with van der Waals surface area (Å²) in [4.78, 5) is 2.96. The van der Waals surface area contributed by atoms with Crippen LogP contribution in [0.5, 0.6) is 0 Å². The summed E-state index contributed by atoms with van der Waals surface area (Å²) in [6.45, 7) is 1.99. The summed E-state index contributed by atoms with van der Waals surface area (Å²) in [5.41, 5.74) is 7.21. The van der Waals surface area contributed by atoms with Crippen LogP contribution in [0, 0.1) is 5.41 Å². The molecule has 0 spiro atoms. The molecule has 0 radical (unpaired) electrons. The first kappa shape index (κ1) is 11.6. The Morgan fingerprint density at radius 2 is 2.38 bits per heavy atom. The average molecular weight is 238 g/mol. The van der Waals surface area contributed by atoms with Crippen molar-refractivity contribution in [3.63, 3.8) is 0 Å². The van der Waals surface area contributed by atoms with Crippen LogP contribution in [-0.4, -0.2) is 23.5 Å². The summed E-state index contributed by atoms with van der Waals surface area (Å²) < 4.78 is 5.06. The van der Waals surface area contributed by atoms with Gasteiger partial charge in [-0.05, 0) is 31.4 Å². The van der Waals surface area contributed by atoms with E-state index in [2.05, 4.69) is 11.9 Å². The first-order valence-electron chi connectivity index (χ1n) is 5.58. The molecule has 0 bridgehead atoms.